The minimum atomic E-state index is -3.99. The van der Waals surface area contributed by atoms with E-state index >= 15 is 0 Å². The highest BCUT2D eigenvalue weighted by molar-refractivity contribution is 7.90. The number of ether oxygens (including phenoxy) is 2. The van der Waals surface area contributed by atoms with Crippen LogP contribution in [-0.4, -0.2) is 124 Å². The normalized spacial score (nSPS) is 33.7. The van der Waals surface area contributed by atoms with Crippen LogP contribution in [0.15, 0.2) is 61.2 Å². The maximum atomic E-state index is 13.7. The van der Waals surface area contributed by atoms with Crippen molar-refractivity contribution < 1.29 is 27.5 Å². The van der Waals surface area contributed by atoms with E-state index in [2.05, 4.69) is 50.3 Å². The summed E-state index contributed by atoms with van der Waals surface area (Å²) in [5.74, 6) is 0.261. The van der Waals surface area contributed by atoms with E-state index in [1.807, 2.05) is 37.1 Å². The molecule has 2 aliphatic carbocycles. The van der Waals surface area contributed by atoms with Gasteiger partial charge in [0.2, 0.25) is 15.9 Å². The third-order valence-electron chi connectivity index (χ3n) is 14.3. The van der Waals surface area contributed by atoms with Gasteiger partial charge in [-0.2, -0.15) is 0 Å². The average molecular weight is 820 g/mol. The number of halogens is 1. The SMILES string of the molecule is C=CC(=O)N1CCN2CCN(C[C@]3(OC)/C=C/C[C@H](C)[C@@H](C)S(=O)(=O)NC(=O)c4ccc5c(c4)N(C[C@@H]4CC[C@H]43)C[C@@]3(CCCc4cc(Cl)ccc43)CO5)C[C@H]2C1. The summed E-state index contributed by atoms with van der Waals surface area (Å²) in [6, 6.07) is 11.8. The summed E-state index contributed by atoms with van der Waals surface area (Å²) in [6.07, 6.45) is 11.2. The summed E-state index contributed by atoms with van der Waals surface area (Å²) in [5.41, 5.74) is 2.70. The van der Waals surface area contributed by atoms with Crippen LogP contribution in [0.25, 0.3) is 0 Å². The summed E-state index contributed by atoms with van der Waals surface area (Å²) in [6.45, 7) is 14.8. The number of hydrogen-bond donors (Lipinski definition) is 1. The highest BCUT2D eigenvalue weighted by Gasteiger charge is 2.50. The Morgan fingerprint density at radius 2 is 1.91 bits per heavy atom. The van der Waals surface area contributed by atoms with Gasteiger partial charge >= 0.3 is 0 Å². The first-order valence-corrected chi connectivity index (χ1v) is 22.7. The molecule has 3 fully saturated rings. The number of fused-ring (bicyclic) bond motifs is 5. The molecule has 1 N–H and O–H groups in total. The molecule has 2 bridgehead atoms. The van der Waals surface area contributed by atoms with E-state index in [0.717, 1.165) is 82.1 Å². The number of nitrogens with one attached hydrogen (secondary N) is 1. The maximum Gasteiger partial charge on any atom is 0.264 e. The lowest BCUT2D eigenvalue weighted by atomic mass is 9.63. The smallest absolute Gasteiger partial charge is 0.264 e. The Bertz CT molecular complexity index is 2030. The van der Waals surface area contributed by atoms with Gasteiger partial charge in [-0.1, -0.05) is 43.3 Å². The molecular weight excluding hydrogens is 762 g/mol. The summed E-state index contributed by atoms with van der Waals surface area (Å²) < 4.78 is 43.2. The summed E-state index contributed by atoms with van der Waals surface area (Å²) in [4.78, 5) is 35.7. The van der Waals surface area contributed by atoms with Gasteiger partial charge in [-0.05, 0) is 111 Å². The Morgan fingerprint density at radius 1 is 1.09 bits per heavy atom. The van der Waals surface area contributed by atoms with Gasteiger partial charge in [-0.3, -0.25) is 19.4 Å². The van der Waals surface area contributed by atoms with E-state index in [-0.39, 0.29) is 40.7 Å². The molecule has 2 aromatic carbocycles. The topological polar surface area (TPSA) is 112 Å². The van der Waals surface area contributed by atoms with Crippen LogP contribution < -0.4 is 14.4 Å². The zero-order valence-electron chi connectivity index (χ0n) is 33.6. The molecular formula is C44H58ClN5O6S. The third kappa shape index (κ3) is 7.77. The van der Waals surface area contributed by atoms with Crippen LogP contribution in [0.3, 0.4) is 0 Å². The predicted octanol–water partition coefficient (Wildman–Crippen LogP) is 5.28. The van der Waals surface area contributed by atoms with E-state index in [1.54, 1.807) is 13.0 Å². The number of methoxy groups -OCH3 is 1. The lowest BCUT2D eigenvalue weighted by Crippen LogP contribution is -2.65. The lowest BCUT2D eigenvalue weighted by molar-refractivity contribution is -0.131. The van der Waals surface area contributed by atoms with E-state index in [4.69, 9.17) is 21.1 Å². The number of rotatable bonds is 4. The van der Waals surface area contributed by atoms with Crippen LogP contribution >= 0.6 is 11.6 Å². The second-order valence-corrected chi connectivity index (χ2v) is 20.1. The minimum absolute atomic E-state index is 0.0160. The van der Waals surface area contributed by atoms with Crippen LogP contribution in [0.5, 0.6) is 5.75 Å². The summed E-state index contributed by atoms with van der Waals surface area (Å²) in [7, 11) is -2.17. The first-order chi connectivity index (χ1) is 27.3. The van der Waals surface area contributed by atoms with Crippen molar-refractivity contribution >= 4 is 39.1 Å². The molecule has 7 atom stereocenters. The Kier molecular flexibility index (Phi) is 11.3. The Balaban J connectivity index is 1.16. The molecule has 0 aromatic heterocycles. The zero-order chi connectivity index (χ0) is 40.1. The highest BCUT2D eigenvalue weighted by Crippen LogP contribution is 2.49. The Morgan fingerprint density at radius 3 is 2.68 bits per heavy atom. The quantitative estimate of drug-likeness (QED) is 0.326. The number of carbonyl (C=O) groups excluding carboxylic acids is 2. The molecule has 13 heteroatoms. The van der Waals surface area contributed by atoms with Gasteiger partial charge in [0.05, 0.1) is 17.5 Å². The van der Waals surface area contributed by atoms with Crippen molar-refractivity contribution in [1.82, 2.24) is 19.4 Å². The van der Waals surface area contributed by atoms with Gasteiger partial charge in [-0.25, -0.2) is 13.1 Å². The molecule has 2 saturated heterocycles. The van der Waals surface area contributed by atoms with E-state index in [9.17, 15) is 18.0 Å². The van der Waals surface area contributed by atoms with Gasteiger partial charge < -0.3 is 19.3 Å². The standard InChI is InChI=1S/C44H58ClN5O6S/c1-5-41(51)49-21-20-48-19-18-47(25-36(48)26-49)28-44(55-4)17-6-8-30(2)31(3)57(53,54)46-42(52)33-11-15-40-39(23-33)50(24-34-10-13-38(34)44)27-43(29-56-40)16-7-9-32-22-35(45)12-14-37(32)43/h5-6,11-12,14-15,17,22-23,30-31,34,36,38H,1,7-10,13,16,18-21,24-29H2,2-4H3,(H,46,52)/b17-6+/t30-,31+,34-,36-,38+,43-,44+/m0/s1. The number of carbonyl (C=O) groups is 2. The van der Waals surface area contributed by atoms with Crippen molar-refractivity contribution in [1.29, 1.82) is 0 Å². The zero-order valence-corrected chi connectivity index (χ0v) is 35.2. The molecule has 11 nitrogen and oxygen atoms in total. The van der Waals surface area contributed by atoms with Gasteiger partial charge in [0.1, 0.15) is 11.4 Å². The first-order valence-electron chi connectivity index (χ1n) is 20.8. The molecule has 57 heavy (non-hydrogen) atoms. The van der Waals surface area contributed by atoms with Gasteiger partial charge in [0, 0.05) is 88.1 Å². The Labute approximate surface area is 343 Å². The van der Waals surface area contributed by atoms with Crippen molar-refractivity contribution in [2.24, 2.45) is 17.8 Å². The molecule has 1 saturated carbocycles. The predicted molar refractivity (Wildman–Crippen MR) is 224 cm³/mol. The fourth-order valence-corrected chi connectivity index (χ4v) is 12.1. The van der Waals surface area contributed by atoms with Crippen LogP contribution in [0.1, 0.15) is 67.4 Å². The molecule has 2 aromatic rings. The van der Waals surface area contributed by atoms with Gasteiger partial charge in [-0.15, -0.1) is 0 Å². The fourth-order valence-electron chi connectivity index (χ4n) is 10.6. The van der Waals surface area contributed by atoms with Crippen LogP contribution in [0, 0.1) is 17.8 Å². The van der Waals surface area contributed by atoms with Crippen molar-refractivity contribution in [3.05, 3.63) is 82.9 Å². The molecule has 8 rings (SSSR count). The second-order valence-electron chi connectivity index (χ2n) is 17.6. The lowest BCUT2D eigenvalue weighted by Gasteiger charge is -2.53. The molecule has 0 unspecified atom stereocenters. The number of anilines is 1. The molecule has 1 spiro atoms. The fraction of sp³-hybridized carbons (Fsp3) is 0.591. The van der Waals surface area contributed by atoms with Gasteiger partial charge in [0.25, 0.3) is 5.91 Å². The largest absolute Gasteiger partial charge is 0.490 e. The minimum Gasteiger partial charge on any atom is -0.490 e. The van der Waals surface area contributed by atoms with Crippen LogP contribution in [-0.2, 0) is 31.4 Å². The molecule has 4 heterocycles. The number of aryl methyl sites for hydroxylation is 1. The van der Waals surface area contributed by atoms with E-state index in [0.29, 0.717) is 38.4 Å². The number of allylic oxidation sites excluding steroid dienone is 1. The van der Waals surface area contributed by atoms with Crippen molar-refractivity contribution in [3.8, 4) is 5.75 Å². The van der Waals surface area contributed by atoms with Crippen LogP contribution in [0.2, 0.25) is 5.02 Å². The summed E-state index contributed by atoms with van der Waals surface area (Å²) >= 11 is 6.52. The summed E-state index contributed by atoms with van der Waals surface area (Å²) in [5, 5.41) is -0.0786. The molecule has 6 aliphatic rings. The number of amides is 2. The van der Waals surface area contributed by atoms with Crippen molar-refractivity contribution in [3.63, 3.8) is 0 Å². The number of benzene rings is 2. The monoisotopic (exact) mass is 819 g/mol. The third-order valence-corrected chi connectivity index (χ3v) is 16.5. The number of sulfonamides is 1. The molecule has 4 aliphatic heterocycles. The molecule has 308 valence electrons. The Hall–Kier alpha value is -3.42. The molecule has 0 radical (unpaired) electrons. The molecule has 2 amide bonds. The average Bonchev–Trinajstić information content (AvgIpc) is 3.34. The number of nitrogens with zero attached hydrogens (tertiary/aromatic N) is 4. The van der Waals surface area contributed by atoms with E-state index in [1.165, 1.54) is 17.2 Å². The van der Waals surface area contributed by atoms with Gasteiger partial charge in [0.15, 0.2) is 0 Å². The number of hydrogen-bond acceptors (Lipinski definition) is 9. The van der Waals surface area contributed by atoms with Crippen molar-refractivity contribution in [2.75, 3.05) is 77.5 Å². The maximum absolute atomic E-state index is 13.7. The second kappa shape index (κ2) is 16.0. The number of piperazine rings is 2. The highest BCUT2D eigenvalue weighted by atomic mass is 35.5. The van der Waals surface area contributed by atoms with Crippen LogP contribution in [0.4, 0.5) is 5.69 Å². The van der Waals surface area contributed by atoms with Crippen molar-refractivity contribution in [2.45, 2.75) is 74.7 Å². The first kappa shape index (κ1) is 40.4. The van der Waals surface area contributed by atoms with E-state index < -0.39 is 26.8 Å².